The minimum atomic E-state index is -0.540. The van der Waals surface area contributed by atoms with Crippen molar-refractivity contribution in [1.82, 2.24) is 4.90 Å². The summed E-state index contributed by atoms with van der Waals surface area (Å²) in [4.78, 5) is 13.6. The van der Waals surface area contributed by atoms with Crippen LogP contribution in [0.1, 0.15) is 104 Å². The zero-order valence-corrected chi connectivity index (χ0v) is 16.8. The van der Waals surface area contributed by atoms with Gasteiger partial charge in [0.25, 0.3) is 0 Å². The molecule has 0 heterocycles. The second kappa shape index (κ2) is 18.2. The maximum absolute atomic E-state index is 12.1. The Balaban J connectivity index is 3.43. The Labute approximate surface area is 156 Å². The molecule has 25 heavy (non-hydrogen) atoms. The first-order chi connectivity index (χ1) is 12.1. The van der Waals surface area contributed by atoms with Crippen LogP contribution in [0.5, 0.6) is 0 Å². The van der Waals surface area contributed by atoms with E-state index in [-0.39, 0.29) is 12.5 Å². The molecule has 4 heteroatoms. The monoisotopic (exact) mass is 357 g/mol. The highest BCUT2D eigenvalue weighted by Crippen LogP contribution is 2.13. The van der Waals surface area contributed by atoms with Crippen LogP contribution in [0.4, 0.5) is 0 Å². The van der Waals surface area contributed by atoms with Crippen molar-refractivity contribution in [2.24, 2.45) is 0 Å². The molecule has 0 saturated heterocycles. The quantitative estimate of drug-likeness (QED) is 0.350. The fraction of sp³-hybridized carbons (Fsp3) is 0.952. The standard InChI is InChI=1S/C21H43NO3/c1-3-4-5-6-7-8-9-10-11-12-13-14-15-16-21(25)22(17-18-23)19-20(2)24/h20,23-24H,3-19H2,1-2H3. The highest BCUT2D eigenvalue weighted by Gasteiger charge is 2.14. The molecule has 1 atom stereocenters. The van der Waals surface area contributed by atoms with Crippen molar-refractivity contribution in [3.63, 3.8) is 0 Å². The van der Waals surface area contributed by atoms with Crippen molar-refractivity contribution in [3.8, 4) is 0 Å². The molecule has 0 rings (SSSR count). The zero-order valence-electron chi connectivity index (χ0n) is 16.8. The number of hydrogen-bond acceptors (Lipinski definition) is 3. The lowest BCUT2D eigenvalue weighted by molar-refractivity contribution is -0.133. The van der Waals surface area contributed by atoms with Crippen LogP contribution >= 0.6 is 0 Å². The molecule has 0 aliphatic heterocycles. The van der Waals surface area contributed by atoms with Gasteiger partial charge in [-0.2, -0.15) is 0 Å². The fourth-order valence-electron chi connectivity index (χ4n) is 3.21. The van der Waals surface area contributed by atoms with Crippen molar-refractivity contribution in [1.29, 1.82) is 0 Å². The summed E-state index contributed by atoms with van der Waals surface area (Å²) in [5.74, 6) is 0.0537. The molecule has 0 aliphatic carbocycles. The SMILES string of the molecule is CCCCCCCCCCCCCCCC(=O)N(CCO)CC(C)O. The molecular weight excluding hydrogens is 314 g/mol. The topological polar surface area (TPSA) is 60.8 Å². The fourth-order valence-corrected chi connectivity index (χ4v) is 3.21. The van der Waals surface area contributed by atoms with Gasteiger partial charge in [0.2, 0.25) is 5.91 Å². The van der Waals surface area contributed by atoms with E-state index in [0.717, 1.165) is 12.8 Å². The van der Waals surface area contributed by atoms with E-state index < -0.39 is 6.10 Å². The predicted molar refractivity (Wildman–Crippen MR) is 106 cm³/mol. The molecule has 0 radical (unpaired) electrons. The van der Waals surface area contributed by atoms with E-state index in [9.17, 15) is 9.90 Å². The van der Waals surface area contributed by atoms with Crippen molar-refractivity contribution < 1.29 is 15.0 Å². The second-order valence-corrected chi connectivity index (χ2v) is 7.41. The van der Waals surface area contributed by atoms with Crippen LogP contribution in [0, 0.1) is 0 Å². The molecule has 0 aromatic rings. The van der Waals surface area contributed by atoms with E-state index in [2.05, 4.69) is 6.92 Å². The summed E-state index contributed by atoms with van der Waals surface area (Å²) in [6.07, 6.45) is 16.9. The van der Waals surface area contributed by atoms with Crippen LogP contribution in [-0.4, -0.2) is 46.8 Å². The summed E-state index contributed by atoms with van der Waals surface area (Å²) in [6, 6.07) is 0. The van der Waals surface area contributed by atoms with E-state index >= 15 is 0 Å². The lowest BCUT2D eigenvalue weighted by Crippen LogP contribution is -2.38. The molecule has 150 valence electrons. The molecule has 0 aliphatic rings. The number of aliphatic hydroxyl groups excluding tert-OH is 2. The molecule has 2 N–H and O–H groups in total. The summed E-state index contributed by atoms with van der Waals surface area (Å²) in [5, 5.41) is 18.4. The number of aliphatic hydroxyl groups is 2. The van der Waals surface area contributed by atoms with Crippen molar-refractivity contribution in [2.75, 3.05) is 19.7 Å². The van der Waals surface area contributed by atoms with Gasteiger partial charge in [-0.15, -0.1) is 0 Å². The second-order valence-electron chi connectivity index (χ2n) is 7.41. The van der Waals surface area contributed by atoms with E-state index in [1.54, 1.807) is 11.8 Å². The first kappa shape index (κ1) is 24.4. The van der Waals surface area contributed by atoms with Gasteiger partial charge in [0.15, 0.2) is 0 Å². The molecular formula is C21H43NO3. The van der Waals surface area contributed by atoms with Gasteiger partial charge in [-0.1, -0.05) is 84.0 Å². The number of amides is 1. The van der Waals surface area contributed by atoms with Crippen LogP contribution in [0.15, 0.2) is 0 Å². The highest BCUT2D eigenvalue weighted by molar-refractivity contribution is 5.76. The van der Waals surface area contributed by atoms with Crippen LogP contribution in [0.25, 0.3) is 0 Å². The Bertz CT molecular complexity index is 295. The Morgan fingerprint density at radius 1 is 0.840 bits per heavy atom. The first-order valence-electron chi connectivity index (χ1n) is 10.7. The predicted octanol–water partition coefficient (Wildman–Crippen LogP) is 4.67. The maximum atomic E-state index is 12.1. The molecule has 4 nitrogen and oxygen atoms in total. The highest BCUT2D eigenvalue weighted by atomic mass is 16.3. The third-order valence-electron chi connectivity index (χ3n) is 4.70. The molecule has 1 amide bonds. The summed E-state index contributed by atoms with van der Waals surface area (Å²) >= 11 is 0. The summed E-state index contributed by atoms with van der Waals surface area (Å²) in [5.41, 5.74) is 0. The van der Waals surface area contributed by atoms with E-state index in [1.807, 2.05) is 0 Å². The maximum Gasteiger partial charge on any atom is 0.222 e. The van der Waals surface area contributed by atoms with Crippen molar-refractivity contribution >= 4 is 5.91 Å². The minimum absolute atomic E-state index is 0.0446. The van der Waals surface area contributed by atoms with Gasteiger partial charge >= 0.3 is 0 Å². The van der Waals surface area contributed by atoms with Gasteiger partial charge in [0.05, 0.1) is 12.7 Å². The van der Waals surface area contributed by atoms with Gasteiger partial charge in [-0.25, -0.2) is 0 Å². The van der Waals surface area contributed by atoms with Gasteiger partial charge < -0.3 is 15.1 Å². The number of hydrogen-bond donors (Lipinski definition) is 2. The Hall–Kier alpha value is -0.610. The summed E-state index contributed by atoms with van der Waals surface area (Å²) < 4.78 is 0. The van der Waals surface area contributed by atoms with E-state index in [1.165, 1.54) is 70.6 Å². The average molecular weight is 358 g/mol. The third kappa shape index (κ3) is 16.6. The van der Waals surface area contributed by atoms with Gasteiger partial charge in [0.1, 0.15) is 0 Å². The van der Waals surface area contributed by atoms with Crippen molar-refractivity contribution in [2.45, 2.75) is 110 Å². The van der Waals surface area contributed by atoms with E-state index in [0.29, 0.717) is 19.5 Å². The Morgan fingerprint density at radius 3 is 1.68 bits per heavy atom. The molecule has 1 unspecified atom stereocenters. The van der Waals surface area contributed by atoms with Gasteiger partial charge in [-0.3, -0.25) is 4.79 Å². The normalized spacial score (nSPS) is 12.3. The van der Waals surface area contributed by atoms with E-state index in [4.69, 9.17) is 5.11 Å². The summed E-state index contributed by atoms with van der Waals surface area (Å²) in [6.45, 7) is 4.52. The van der Waals surface area contributed by atoms with Gasteiger partial charge in [-0.05, 0) is 13.3 Å². The molecule has 0 bridgehead atoms. The van der Waals surface area contributed by atoms with Crippen LogP contribution in [-0.2, 0) is 4.79 Å². The lowest BCUT2D eigenvalue weighted by Gasteiger charge is -2.23. The minimum Gasteiger partial charge on any atom is -0.395 e. The zero-order chi connectivity index (χ0) is 18.8. The smallest absolute Gasteiger partial charge is 0.222 e. The molecule has 0 spiro atoms. The molecule has 0 aromatic heterocycles. The third-order valence-corrected chi connectivity index (χ3v) is 4.70. The van der Waals surface area contributed by atoms with Crippen LogP contribution < -0.4 is 0 Å². The number of carbonyl (C=O) groups is 1. The van der Waals surface area contributed by atoms with Crippen LogP contribution in [0.2, 0.25) is 0 Å². The average Bonchev–Trinajstić information content (AvgIpc) is 2.58. The summed E-state index contributed by atoms with van der Waals surface area (Å²) in [7, 11) is 0. The first-order valence-corrected chi connectivity index (χ1v) is 10.7. The lowest BCUT2D eigenvalue weighted by atomic mass is 10.0. The Kier molecular flexibility index (Phi) is 17.7. The largest absolute Gasteiger partial charge is 0.395 e. The van der Waals surface area contributed by atoms with Crippen molar-refractivity contribution in [3.05, 3.63) is 0 Å². The molecule has 0 fully saturated rings. The van der Waals surface area contributed by atoms with Crippen LogP contribution in [0.3, 0.4) is 0 Å². The number of carbonyl (C=O) groups excluding carboxylic acids is 1. The van der Waals surface area contributed by atoms with Gasteiger partial charge in [0, 0.05) is 19.5 Å². The molecule has 0 aromatic carbocycles. The number of rotatable bonds is 18. The number of unbranched alkanes of at least 4 members (excludes halogenated alkanes) is 12. The number of nitrogens with zero attached hydrogens (tertiary/aromatic N) is 1. The Morgan fingerprint density at radius 2 is 1.28 bits per heavy atom. The molecule has 0 saturated carbocycles.